The smallest absolute Gasteiger partial charge is 0.413 e. The molecule has 4 aromatic rings. The summed E-state index contributed by atoms with van der Waals surface area (Å²) < 4.78 is 25.4. The Morgan fingerprint density at radius 1 is 1.12 bits per heavy atom. The number of anilines is 3. The Balaban J connectivity index is 1.19. The number of likely N-dealkylation sites (tertiary alicyclic amines) is 1. The van der Waals surface area contributed by atoms with Crippen molar-refractivity contribution in [3.05, 3.63) is 72.0 Å². The third-order valence-electron chi connectivity index (χ3n) is 6.74. The summed E-state index contributed by atoms with van der Waals surface area (Å²) in [6.45, 7) is 5.40. The zero-order valence-electron chi connectivity index (χ0n) is 22.8. The van der Waals surface area contributed by atoms with Crippen LogP contribution in [0.1, 0.15) is 37.1 Å². The molecule has 0 bridgehead atoms. The van der Waals surface area contributed by atoms with E-state index in [9.17, 15) is 14.3 Å². The summed E-state index contributed by atoms with van der Waals surface area (Å²) in [7, 11) is 0. The molecule has 0 saturated carbocycles. The van der Waals surface area contributed by atoms with Crippen molar-refractivity contribution in [2.75, 3.05) is 36.5 Å². The lowest BCUT2D eigenvalue weighted by Crippen LogP contribution is -2.31. The maximum absolute atomic E-state index is 14.7. The van der Waals surface area contributed by atoms with Crippen molar-refractivity contribution in [2.24, 2.45) is 0 Å². The average Bonchev–Trinajstić information content (AvgIpc) is 3.42. The molecule has 2 N–H and O–H groups in total. The van der Waals surface area contributed by atoms with E-state index in [1.165, 1.54) is 37.6 Å². The molecule has 0 spiro atoms. The summed E-state index contributed by atoms with van der Waals surface area (Å²) in [5, 5.41) is 16.7. The molecule has 0 radical (unpaired) electrons. The normalized spacial score (nSPS) is 13.6. The van der Waals surface area contributed by atoms with Gasteiger partial charge in [-0.15, -0.1) is 0 Å². The summed E-state index contributed by atoms with van der Waals surface area (Å²) in [6, 6.07) is 13.2. The molecule has 2 aromatic heterocycles. The first-order chi connectivity index (χ1) is 19.9. The number of nitrogens with one attached hydrogen (secondary N) is 1. The Labute approximate surface area is 237 Å². The van der Waals surface area contributed by atoms with Crippen LogP contribution in [0.3, 0.4) is 0 Å². The fourth-order valence-corrected chi connectivity index (χ4v) is 4.64. The number of hydrogen-bond donors (Lipinski definition) is 2. The van der Waals surface area contributed by atoms with Gasteiger partial charge in [-0.2, -0.15) is 9.97 Å². The first-order valence-electron chi connectivity index (χ1n) is 13.6. The zero-order valence-corrected chi connectivity index (χ0v) is 22.8. The highest BCUT2D eigenvalue weighted by Gasteiger charge is 2.18. The molecular weight excluding hydrogens is 529 g/mol. The van der Waals surface area contributed by atoms with E-state index >= 15 is 0 Å². The number of hydrogen-bond acceptors (Lipinski definition) is 9. The fourth-order valence-electron chi connectivity index (χ4n) is 4.64. The summed E-state index contributed by atoms with van der Waals surface area (Å²) in [4.78, 5) is 28.3. The molecule has 0 aliphatic carbocycles. The minimum Gasteiger partial charge on any atom is -0.490 e. The standard InChI is InChI=1S/C29H32FN7O4/c1-20-32-27(35-41-20)22-8-6-21(7-9-22)19-37(29(38)39)26-12-13-31-28(34-26)33-23-10-11-25(24(30)18-23)40-17-5-16-36-14-3-2-4-15-36/h6-13,18H,2-5,14-17,19H2,1H3,(H,38,39)(H,31,33,34). The molecule has 5 rings (SSSR count). The third-order valence-corrected chi connectivity index (χ3v) is 6.74. The van der Waals surface area contributed by atoms with Crippen LogP contribution in [-0.2, 0) is 6.54 Å². The van der Waals surface area contributed by atoms with E-state index in [-0.39, 0.29) is 24.1 Å². The van der Waals surface area contributed by atoms with Gasteiger partial charge < -0.3 is 24.6 Å². The number of benzene rings is 2. The molecule has 214 valence electrons. The second kappa shape index (κ2) is 13.2. The Bertz CT molecular complexity index is 1460. The van der Waals surface area contributed by atoms with E-state index in [1.807, 2.05) is 0 Å². The first-order valence-corrected chi connectivity index (χ1v) is 13.6. The summed E-state index contributed by atoms with van der Waals surface area (Å²) in [6.07, 6.45) is 4.87. The SMILES string of the molecule is Cc1nc(-c2ccc(CN(C(=O)O)c3ccnc(Nc4ccc(OCCCN5CCCCC5)c(F)c4)n3)cc2)no1. The van der Waals surface area contributed by atoms with E-state index in [1.54, 1.807) is 43.3 Å². The van der Waals surface area contributed by atoms with Crippen molar-refractivity contribution < 1.29 is 23.6 Å². The monoisotopic (exact) mass is 561 g/mol. The third kappa shape index (κ3) is 7.54. The Morgan fingerprint density at radius 3 is 2.63 bits per heavy atom. The minimum absolute atomic E-state index is 0.0514. The van der Waals surface area contributed by atoms with Gasteiger partial charge in [0.1, 0.15) is 5.82 Å². The van der Waals surface area contributed by atoms with Crippen molar-refractivity contribution in [1.29, 1.82) is 0 Å². The molecule has 1 aliphatic heterocycles. The average molecular weight is 562 g/mol. The number of aromatic nitrogens is 4. The Morgan fingerprint density at radius 2 is 1.93 bits per heavy atom. The first kappa shape index (κ1) is 28.0. The number of ether oxygens (including phenoxy) is 1. The second-order valence-electron chi connectivity index (χ2n) is 9.82. The number of piperidine rings is 1. The summed E-state index contributed by atoms with van der Waals surface area (Å²) in [5.41, 5.74) is 1.90. The molecule has 12 heteroatoms. The van der Waals surface area contributed by atoms with Gasteiger partial charge in [-0.1, -0.05) is 35.8 Å². The van der Waals surface area contributed by atoms with Gasteiger partial charge in [0, 0.05) is 37.0 Å². The number of carboxylic acid groups (broad SMARTS) is 1. The zero-order chi connectivity index (χ0) is 28.6. The highest BCUT2D eigenvalue weighted by Crippen LogP contribution is 2.25. The van der Waals surface area contributed by atoms with Crippen molar-refractivity contribution in [1.82, 2.24) is 25.0 Å². The lowest BCUT2D eigenvalue weighted by Gasteiger charge is -2.26. The van der Waals surface area contributed by atoms with Crippen LogP contribution in [0.25, 0.3) is 11.4 Å². The molecule has 11 nitrogen and oxygen atoms in total. The molecule has 41 heavy (non-hydrogen) atoms. The Kier molecular flexibility index (Phi) is 8.99. The van der Waals surface area contributed by atoms with E-state index in [4.69, 9.17) is 9.26 Å². The van der Waals surface area contributed by atoms with Crippen LogP contribution in [0.2, 0.25) is 0 Å². The van der Waals surface area contributed by atoms with Gasteiger partial charge >= 0.3 is 6.09 Å². The number of rotatable bonds is 11. The molecule has 0 atom stereocenters. The highest BCUT2D eigenvalue weighted by molar-refractivity contribution is 5.84. The molecule has 2 aromatic carbocycles. The van der Waals surface area contributed by atoms with Crippen molar-refractivity contribution in [3.63, 3.8) is 0 Å². The van der Waals surface area contributed by atoms with Crippen LogP contribution >= 0.6 is 0 Å². The molecule has 3 heterocycles. The van der Waals surface area contributed by atoms with Crippen LogP contribution in [0.15, 0.2) is 59.3 Å². The highest BCUT2D eigenvalue weighted by atomic mass is 19.1. The molecule has 0 unspecified atom stereocenters. The molecule has 1 amide bonds. The number of aryl methyl sites for hydroxylation is 1. The predicted molar refractivity (Wildman–Crippen MR) is 151 cm³/mol. The van der Waals surface area contributed by atoms with Crippen LogP contribution in [-0.4, -0.2) is 62.4 Å². The number of halogens is 1. The fraction of sp³-hybridized carbons (Fsp3) is 0.345. The van der Waals surface area contributed by atoms with Gasteiger partial charge in [-0.3, -0.25) is 4.90 Å². The van der Waals surface area contributed by atoms with E-state index < -0.39 is 11.9 Å². The van der Waals surface area contributed by atoms with Gasteiger partial charge in [0.25, 0.3) is 0 Å². The van der Waals surface area contributed by atoms with Gasteiger partial charge in [-0.05, 0) is 56.1 Å². The van der Waals surface area contributed by atoms with Crippen molar-refractivity contribution >= 4 is 23.5 Å². The molecule has 1 saturated heterocycles. The van der Waals surface area contributed by atoms with Crippen LogP contribution in [0.5, 0.6) is 5.75 Å². The van der Waals surface area contributed by atoms with E-state index in [0.29, 0.717) is 24.0 Å². The molecule has 1 fully saturated rings. The van der Waals surface area contributed by atoms with Crippen molar-refractivity contribution in [2.45, 2.75) is 39.2 Å². The maximum atomic E-state index is 14.7. The van der Waals surface area contributed by atoms with Gasteiger partial charge in [-0.25, -0.2) is 14.2 Å². The van der Waals surface area contributed by atoms with E-state index in [0.717, 1.165) is 42.1 Å². The lowest BCUT2D eigenvalue weighted by atomic mass is 10.1. The topological polar surface area (TPSA) is 130 Å². The van der Waals surface area contributed by atoms with Crippen LogP contribution in [0, 0.1) is 12.7 Å². The Hall–Kier alpha value is -4.58. The van der Waals surface area contributed by atoms with Gasteiger partial charge in [0.15, 0.2) is 11.6 Å². The summed E-state index contributed by atoms with van der Waals surface area (Å²) in [5.74, 6) is 0.893. The molecule has 1 aliphatic rings. The number of carbonyl (C=O) groups is 1. The number of amides is 1. The van der Waals surface area contributed by atoms with Crippen LogP contribution < -0.4 is 15.0 Å². The second-order valence-corrected chi connectivity index (χ2v) is 9.82. The van der Waals surface area contributed by atoms with Crippen LogP contribution in [0.4, 0.5) is 26.6 Å². The van der Waals surface area contributed by atoms with Gasteiger partial charge in [0.05, 0.1) is 13.2 Å². The predicted octanol–water partition coefficient (Wildman–Crippen LogP) is 5.66. The van der Waals surface area contributed by atoms with Crippen molar-refractivity contribution in [3.8, 4) is 17.1 Å². The lowest BCUT2D eigenvalue weighted by molar-refractivity contribution is 0.201. The van der Waals surface area contributed by atoms with Gasteiger partial charge in [0.2, 0.25) is 17.7 Å². The number of nitrogens with zero attached hydrogens (tertiary/aromatic N) is 6. The minimum atomic E-state index is -1.18. The maximum Gasteiger partial charge on any atom is 0.413 e. The quantitative estimate of drug-likeness (QED) is 0.221. The molecular formula is C29H32FN7O4. The van der Waals surface area contributed by atoms with E-state index in [2.05, 4.69) is 30.3 Å². The summed E-state index contributed by atoms with van der Waals surface area (Å²) >= 11 is 0. The largest absolute Gasteiger partial charge is 0.490 e.